The van der Waals surface area contributed by atoms with Gasteiger partial charge in [-0.25, -0.2) is 0 Å². The Morgan fingerprint density at radius 2 is 2.17 bits per heavy atom. The van der Waals surface area contributed by atoms with Crippen LogP contribution in [0.5, 0.6) is 0 Å². The fourth-order valence-electron chi connectivity index (χ4n) is 2.15. The first kappa shape index (κ1) is 13.3. The highest BCUT2D eigenvalue weighted by Gasteiger charge is 2.08. The molecule has 0 aliphatic heterocycles. The van der Waals surface area contributed by atoms with Crippen LogP contribution in [-0.4, -0.2) is 6.04 Å². The molecule has 96 valence electrons. The van der Waals surface area contributed by atoms with Gasteiger partial charge in [-0.05, 0) is 54.1 Å². The van der Waals surface area contributed by atoms with Crippen molar-refractivity contribution in [3.63, 3.8) is 0 Å². The van der Waals surface area contributed by atoms with E-state index in [2.05, 4.69) is 53.4 Å². The smallest absolute Gasteiger partial charge is 0.0254 e. The molecule has 0 bridgehead atoms. The lowest BCUT2D eigenvalue weighted by Crippen LogP contribution is -2.37. The van der Waals surface area contributed by atoms with Crippen LogP contribution in [0.25, 0.3) is 0 Å². The minimum Gasteiger partial charge on any atom is -0.271 e. The lowest BCUT2D eigenvalue weighted by molar-refractivity contribution is 0.492. The van der Waals surface area contributed by atoms with Crippen LogP contribution in [-0.2, 0) is 12.8 Å². The van der Waals surface area contributed by atoms with E-state index < -0.39 is 0 Å². The molecule has 0 saturated carbocycles. The quantitative estimate of drug-likeness (QED) is 0.619. The molecule has 2 nitrogen and oxygen atoms in total. The largest absolute Gasteiger partial charge is 0.271 e. The van der Waals surface area contributed by atoms with Crippen molar-refractivity contribution in [1.82, 2.24) is 5.43 Å². The van der Waals surface area contributed by atoms with E-state index in [1.165, 1.54) is 16.7 Å². The molecule has 3 heteroatoms. The first-order chi connectivity index (χ1) is 8.78. The van der Waals surface area contributed by atoms with Crippen molar-refractivity contribution in [2.75, 3.05) is 0 Å². The van der Waals surface area contributed by atoms with Crippen molar-refractivity contribution in [3.05, 3.63) is 57.8 Å². The number of nitrogens with two attached hydrogens (primary N) is 1. The minimum absolute atomic E-state index is 0.347. The zero-order valence-corrected chi connectivity index (χ0v) is 11.5. The van der Waals surface area contributed by atoms with E-state index in [4.69, 9.17) is 5.84 Å². The molecule has 1 aromatic heterocycles. The number of aryl methyl sites for hydroxylation is 2. The number of nitrogens with one attached hydrogen (secondary N) is 1. The van der Waals surface area contributed by atoms with Gasteiger partial charge in [0.15, 0.2) is 0 Å². The molecule has 0 aliphatic rings. The molecular weight excluding hydrogens is 240 g/mol. The van der Waals surface area contributed by atoms with Crippen molar-refractivity contribution in [2.24, 2.45) is 5.84 Å². The van der Waals surface area contributed by atoms with E-state index in [1.807, 2.05) is 0 Å². The van der Waals surface area contributed by atoms with E-state index in [9.17, 15) is 0 Å². The average Bonchev–Trinajstić information content (AvgIpc) is 2.87. The van der Waals surface area contributed by atoms with Crippen LogP contribution in [0.1, 0.15) is 23.1 Å². The van der Waals surface area contributed by atoms with Crippen molar-refractivity contribution < 1.29 is 0 Å². The molecule has 1 unspecified atom stereocenters. The fourth-order valence-corrected chi connectivity index (χ4v) is 2.83. The highest BCUT2D eigenvalue weighted by atomic mass is 32.1. The van der Waals surface area contributed by atoms with Crippen molar-refractivity contribution in [2.45, 2.75) is 32.2 Å². The summed E-state index contributed by atoms with van der Waals surface area (Å²) < 4.78 is 0. The van der Waals surface area contributed by atoms with Crippen LogP contribution in [0.15, 0.2) is 41.1 Å². The van der Waals surface area contributed by atoms with E-state index >= 15 is 0 Å². The van der Waals surface area contributed by atoms with E-state index in [1.54, 1.807) is 11.3 Å². The number of hydrogen-bond acceptors (Lipinski definition) is 3. The molecule has 0 fully saturated rings. The number of thiophene rings is 1. The predicted octanol–water partition coefficient (Wildman–Crippen LogP) is 3.06. The third-order valence-corrected chi connectivity index (χ3v) is 3.89. The molecule has 0 amide bonds. The molecule has 3 N–H and O–H groups in total. The average molecular weight is 260 g/mol. The number of hydrogen-bond donors (Lipinski definition) is 2. The maximum absolute atomic E-state index is 5.64. The maximum Gasteiger partial charge on any atom is 0.0254 e. The summed E-state index contributed by atoms with van der Waals surface area (Å²) in [5.41, 5.74) is 7.01. The Bertz CT molecular complexity index is 465. The molecule has 1 heterocycles. The lowest BCUT2D eigenvalue weighted by atomic mass is 10.00. The summed E-state index contributed by atoms with van der Waals surface area (Å²) in [7, 11) is 0. The third kappa shape index (κ3) is 3.95. The third-order valence-electron chi connectivity index (χ3n) is 3.16. The van der Waals surface area contributed by atoms with Crippen molar-refractivity contribution in [1.29, 1.82) is 0 Å². The predicted molar refractivity (Wildman–Crippen MR) is 78.6 cm³/mol. The molecule has 2 rings (SSSR count). The zero-order chi connectivity index (χ0) is 12.8. The van der Waals surface area contributed by atoms with Gasteiger partial charge < -0.3 is 0 Å². The first-order valence-corrected chi connectivity index (χ1v) is 7.25. The van der Waals surface area contributed by atoms with E-state index in [-0.39, 0.29) is 0 Å². The Morgan fingerprint density at radius 3 is 2.83 bits per heavy atom. The highest BCUT2D eigenvalue weighted by molar-refractivity contribution is 7.07. The van der Waals surface area contributed by atoms with Crippen LogP contribution in [0.3, 0.4) is 0 Å². The van der Waals surface area contributed by atoms with Crippen molar-refractivity contribution in [3.8, 4) is 0 Å². The van der Waals surface area contributed by atoms with Gasteiger partial charge in [-0.2, -0.15) is 11.3 Å². The standard InChI is InChI=1S/C15H20N2S/c1-12-3-2-4-13(9-12)5-6-15(17-16)10-14-7-8-18-11-14/h2-4,7-9,11,15,17H,5-6,10,16H2,1H3. The Balaban J connectivity index is 1.87. The topological polar surface area (TPSA) is 38.0 Å². The van der Waals surface area contributed by atoms with Gasteiger partial charge in [-0.1, -0.05) is 29.8 Å². The summed E-state index contributed by atoms with van der Waals surface area (Å²) >= 11 is 1.74. The number of benzene rings is 1. The van der Waals surface area contributed by atoms with Gasteiger partial charge in [0.1, 0.15) is 0 Å². The monoisotopic (exact) mass is 260 g/mol. The summed E-state index contributed by atoms with van der Waals surface area (Å²) in [6.07, 6.45) is 3.14. The summed E-state index contributed by atoms with van der Waals surface area (Å²) in [6, 6.07) is 11.2. The molecule has 0 saturated heterocycles. The molecular formula is C15H20N2S. The minimum atomic E-state index is 0.347. The van der Waals surface area contributed by atoms with Gasteiger partial charge in [-0.15, -0.1) is 0 Å². The second-order valence-corrected chi connectivity index (χ2v) is 5.51. The highest BCUT2D eigenvalue weighted by Crippen LogP contribution is 2.13. The number of rotatable bonds is 6. The fraction of sp³-hybridized carbons (Fsp3) is 0.333. The van der Waals surface area contributed by atoms with Gasteiger partial charge in [0.2, 0.25) is 0 Å². The van der Waals surface area contributed by atoms with Gasteiger partial charge >= 0.3 is 0 Å². The Morgan fingerprint density at radius 1 is 1.28 bits per heavy atom. The summed E-state index contributed by atoms with van der Waals surface area (Å²) in [5.74, 6) is 5.64. The second kappa shape index (κ2) is 6.69. The Kier molecular flexibility index (Phi) is 4.93. The van der Waals surface area contributed by atoms with Crippen LogP contribution in [0, 0.1) is 6.92 Å². The molecule has 18 heavy (non-hydrogen) atoms. The molecule has 0 radical (unpaired) electrons. The van der Waals surface area contributed by atoms with Crippen LogP contribution in [0.2, 0.25) is 0 Å². The molecule has 2 aromatic rings. The van der Waals surface area contributed by atoms with Gasteiger partial charge in [0, 0.05) is 6.04 Å². The lowest BCUT2D eigenvalue weighted by Gasteiger charge is -2.15. The zero-order valence-electron chi connectivity index (χ0n) is 10.7. The van der Waals surface area contributed by atoms with Gasteiger partial charge in [0.05, 0.1) is 0 Å². The molecule has 0 spiro atoms. The SMILES string of the molecule is Cc1cccc(CCC(Cc2ccsc2)NN)c1. The summed E-state index contributed by atoms with van der Waals surface area (Å²) in [6.45, 7) is 2.13. The molecule has 0 aliphatic carbocycles. The van der Waals surface area contributed by atoms with Gasteiger partial charge in [-0.3, -0.25) is 11.3 Å². The number of hydrazine groups is 1. The van der Waals surface area contributed by atoms with Crippen molar-refractivity contribution >= 4 is 11.3 Å². The van der Waals surface area contributed by atoms with Gasteiger partial charge in [0.25, 0.3) is 0 Å². The van der Waals surface area contributed by atoms with Crippen LogP contribution >= 0.6 is 11.3 Å². The summed E-state index contributed by atoms with van der Waals surface area (Å²) in [4.78, 5) is 0. The normalized spacial score (nSPS) is 12.6. The first-order valence-electron chi connectivity index (χ1n) is 6.30. The van der Waals surface area contributed by atoms with E-state index in [0.717, 1.165) is 19.3 Å². The van der Waals surface area contributed by atoms with Crippen LogP contribution in [0.4, 0.5) is 0 Å². The van der Waals surface area contributed by atoms with Crippen LogP contribution < -0.4 is 11.3 Å². The summed E-state index contributed by atoms with van der Waals surface area (Å²) in [5, 5.41) is 4.31. The Hall–Kier alpha value is -1.16. The molecule has 1 aromatic carbocycles. The van der Waals surface area contributed by atoms with E-state index in [0.29, 0.717) is 6.04 Å². The molecule has 1 atom stereocenters. The Labute approximate surface area is 113 Å². The second-order valence-electron chi connectivity index (χ2n) is 4.73. The maximum atomic E-state index is 5.64.